The molecule has 0 aliphatic carbocycles. The monoisotopic (exact) mass is 419 g/mol. The molecule has 1 aliphatic heterocycles. The molecule has 0 bridgehead atoms. The molecule has 0 saturated carbocycles. The maximum atomic E-state index is 12.3. The summed E-state index contributed by atoms with van der Waals surface area (Å²) >= 11 is 0. The van der Waals surface area contributed by atoms with Crippen LogP contribution in [0.4, 0.5) is 0 Å². The Kier molecular flexibility index (Phi) is 8.71. The zero-order chi connectivity index (χ0) is 21.9. The Balaban J connectivity index is 1.56. The van der Waals surface area contributed by atoms with E-state index >= 15 is 0 Å². The molecule has 0 unspecified atom stereocenters. The third-order valence-electron chi connectivity index (χ3n) is 5.50. The molecule has 1 aliphatic rings. The molecule has 0 fully saturated rings. The number of benzene rings is 2. The van der Waals surface area contributed by atoms with Gasteiger partial charge in [-0.1, -0.05) is 31.5 Å². The van der Waals surface area contributed by atoms with E-state index < -0.39 is 0 Å². The van der Waals surface area contributed by atoms with Gasteiger partial charge < -0.3 is 15.0 Å². The van der Waals surface area contributed by atoms with Crippen molar-refractivity contribution in [3.63, 3.8) is 0 Å². The molecule has 0 saturated heterocycles. The van der Waals surface area contributed by atoms with Crippen LogP contribution in [0.5, 0.6) is 5.75 Å². The third-order valence-corrected chi connectivity index (χ3v) is 5.50. The van der Waals surface area contributed by atoms with Gasteiger partial charge in [0.1, 0.15) is 5.75 Å². The quantitative estimate of drug-likeness (QED) is 0.414. The van der Waals surface area contributed by atoms with Gasteiger partial charge in [-0.2, -0.15) is 0 Å². The molecule has 0 radical (unpaired) electrons. The SMILES string of the molecule is CCCCc1c(C=CC(=O)NCCCCN2C=NC=CC2)ccc2cc(OC)ccc12. The smallest absolute Gasteiger partial charge is 0.243 e. The lowest BCUT2D eigenvalue weighted by atomic mass is 9.94. The Morgan fingerprint density at radius 2 is 2.13 bits per heavy atom. The molecule has 1 heterocycles. The fourth-order valence-electron chi connectivity index (χ4n) is 3.75. The van der Waals surface area contributed by atoms with Crippen molar-refractivity contribution in [1.82, 2.24) is 10.2 Å². The van der Waals surface area contributed by atoms with Crippen molar-refractivity contribution in [2.24, 2.45) is 4.99 Å². The summed E-state index contributed by atoms with van der Waals surface area (Å²) in [5.74, 6) is 0.819. The zero-order valence-electron chi connectivity index (χ0n) is 18.6. The van der Waals surface area contributed by atoms with Gasteiger partial charge in [0.15, 0.2) is 0 Å². The molecule has 3 rings (SSSR count). The topological polar surface area (TPSA) is 53.9 Å². The summed E-state index contributed by atoms with van der Waals surface area (Å²) in [4.78, 5) is 18.6. The standard InChI is InChI=1S/C26H33N3O2/c1-3-4-8-24-21(9-10-22-19-23(31-2)12-13-25(22)24)11-14-26(30)28-16-5-6-17-29-18-7-15-27-20-29/h7,9-15,19-20H,3-6,8,16-18H2,1-2H3,(H,28,30). The molecule has 1 N–H and O–H groups in total. The number of unbranched alkanes of at least 4 members (excludes halogenated alkanes) is 2. The largest absolute Gasteiger partial charge is 0.497 e. The zero-order valence-corrected chi connectivity index (χ0v) is 18.6. The van der Waals surface area contributed by atoms with E-state index in [0.29, 0.717) is 6.54 Å². The van der Waals surface area contributed by atoms with E-state index in [4.69, 9.17) is 4.74 Å². The van der Waals surface area contributed by atoms with Crippen molar-refractivity contribution in [2.45, 2.75) is 39.0 Å². The third kappa shape index (κ3) is 6.71. The second-order valence-corrected chi connectivity index (χ2v) is 7.80. The van der Waals surface area contributed by atoms with Crippen molar-refractivity contribution < 1.29 is 9.53 Å². The van der Waals surface area contributed by atoms with E-state index in [1.54, 1.807) is 13.2 Å². The van der Waals surface area contributed by atoms with Crippen molar-refractivity contribution in [1.29, 1.82) is 0 Å². The van der Waals surface area contributed by atoms with Crippen molar-refractivity contribution in [3.8, 4) is 5.75 Å². The highest BCUT2D eigenvalue weighted by atomic mass is 16.5. The Hall–Kier alpha value is -3.08. The van der Waals surface area contributed by atoms with Crippen LogP contribution >= 0.6 is 0 Å². The summed E-state index contributed by atoms with van der Waals surface area (Å²) in [6.45, 7) is 4.76. The second-order valence-electron chi connectivity index (χ2n) is 7.80. The second kappa shape index (κ2) is 11.9. The Morgan fingerprint density at radius 3 is 2.90 bits per heavy atom. The minimum absolute atomic E-state index is 0.0428. The maximum absolute atomic E-state index is 12.3. The average molecular weight is 420 g/mol. The Labute approximate surface area is 185 Å². The van der Waals surface area contributed by atoms with Gasteiger partial charge in [-0.15, -0.1) is 0 Å². The van der Waals surface area contributed by atoms with Crippen LogP contribution in [-0.2, 0) is 11.2 Å². The molecule has 5 heteroatoms. The molecule has 1 amide bonds. The molecule has 0 spiro atoms. The van der Waals surface area contributed by atoms with Gasteiger partial charge in [-0.05, 0) is 71.9 Å². The number of hydrogen-bond donors (Lipinski definition) is 1. The van der Waals surface area contributed by atoms with Crippen LogP contribution in [0.25, 0.3) is 16.8 Å². The lowest BCUT2D eigenvalue weighted by molar-refractivity contribution is -0.116. The number of hydrogen-bond acceptors (Lipinski definition) is 4. The number of amides is 1. The Morgan fingerprint density at radius 1 is 1.23 bits per heavy atom. The number of methoxy groups -OCH3 is 1. The van der Waals surface area contributed by atoms with Crippen molar-refractivity contribution >= 4 is 29.1 Å². The lowest BCUT2D eigenvalue weighted by Gasteiger charge is -2.18. The minimum atomic E-state index is -0.0428. The van der Waals surface area contributed by atoms with E-state index in [1.165, 1.54) is 16.3 Å². The van der Waals surface area contributed by atoms with E-state index in [2.05, 4.69) is 46.4 Å². The van der Waals surface area contributed by atoms with Gasteiger partial charge in [0, 0.05) is 31.9 Å². The molecule has 2 aromatic rings. The van der Waals surface area contributed by atoms with Crippen LogP contribution in [-0.4, -0.2) is 43.9 Å². The predicted molar refractivity (Wildman–Crippen MR) is 130 cm³/mol. The number of ether oxygens (including phenoxy) is 1. The first-order chi connectivity index (χ1) is 15.2. The number of nitrogens with zero attached hydrogens (tertiary/aromatic N) is 2. The number of rotatable bonds is 11. The van der Waals surface area contributed by atoms with Crippen molar-refractivity contribution in [2.75, 3.05) is 26.7 Å². The summed E-state index contributed by atoms with van der Waals surface area (Å²) < 4.78 is 5.36. The van der Waals surface area contributed by atoms with Gasteiger partial charge in [0.25, 0.3) is 0 Å². The van der Waals surface area contributed by atoms with Crippen LogP contribution in [0.1, 0.15) is 43.7 Å². The number of nitrogens with one attached hydrogen (secondary N) is 1. The highest BCUT2D eigenvalue weighted by Gasteiger charge is 2.08. The summed E-state index contributed by atoms with van der Waals surface area (Å²) in [6, 6.07) is 10.4. The molecular weight excluding hydrogens is 386 g/mol. The number of aryl methyl sites for hydroxylation is 1. The maximum Gasteiger partial charge on any atom is 0.243 e. The van der Waals surface area contributed by atoms with Gasteiger partial charge in [0.05, 0.1) is 13.4 Å². The summed E-state index contributed by atoms with van der Waals surface area (Å²) in [5.41, 5.74) is 2.40. The number of fused-ring (bicyclic) bond motifs is 1. The summed E-state index contributed by atoms with van der Waals surface area (Å²) in [6.07, 6.45) is 14.6. The van der Waals surface area contributed by atoms with Gasteiger partial charge in [0.2, 0.25) is 5.91 Å². The molecule has 31 heavy (non-hydrogen) atoms. The minimum Gasteiger partial charge on any atom is -0.497 e. The predicted octanol–water partition coefficient (Wildman–Crippen LogP) is 4.96. The molecular formula is C26H33N3O2. The summed E-state index contributed by atoms with van der Waals surface area (Å²) in [7, 11) is 1.69. The molecule has 2 aromatic carbocycles. The fraction of sp³-hybridized carbons (Fsp3) is 0.385. The van der Waals surface area contributed by atoms with Crippen molar-refractivity contribution in [3.05, 3.63) is 59.8 Å². The Bertz CT molecular complexity index is 963. The number of aliphatic imine (C=N–C) groups is 1. The van der Waals surface area contributed by atoms with Gasteiger partial charge in [-0.3, -0.25) is 4.79 Å². The van der Waals surface area contributed by atoms with E-state index in [9.17, 15) is 4.79 Å². The number of carbonyl (C=O) groups is 1. The molecule has 0 aromatic heterocycles. The van der Waals surface area contributed by atoms with Gasteiger partial charge >= 0.3 is 0 Å². The van der Waals surface area contributed by atoms with Crippen LogP contribution in [0, 0.1) is 0 Å². The fourth-order valence-corrected chi connectivity index (χ4v) is 3.75. The normalized spacial score (nSPS) is 13.3. The van der Waals surface area contributed by atoms with Crippen LogP contribution in [0.2, 0.25) is 0 Å². The average Bonchev–Trinajstić information content (AvgIpc) is 2.81. The first kappa shape index (κ1) is 22.6. The van der Waals surface area contributed by atoms with E-state index in [1.807, 2.05) is 30.8 Å². The molecule has 5 nitrogen and oxygen atoms in total. The highest BCUT2D eigenvalue weighted by molar-refractivity contribution is 5.94. The first-order valence-electron chi connectivity index (χ1n) is 11.2. The van der Waals surface area contributed by atoms with Crippen LogP contribution in [0.3, 0.4) is 0 Å². The number of carbonyl (C=O) groups excluding carboxylic acids is 1. The van der Waals surface area contributed by atoms with Crippen LogP contribution < -0.4 is 10.1 Å². The van der Waals surface area contributed by atoms with Crippen LogP contribution in [0.15, 0.2) is 53.7 Å². The lowest BCUT2D eigenvalue weighted by Crippen LogP contribution is -2.26. The summed E-state index contributed by atoms with van der Waals surface area (Å²) in [5, 5.41) is 5.39. The first-order valence-corrected chi connectivity index (χ1v) is 11.2. The van der Waals surface area contributed by atoms with Gasteiger partial charge in [-0.25, -0.2) is 4.99 Å². The van der Waals surface area contributed by atoms with E-state index in [-0.39, 0.29) is 5.91 Å². The molecule has 164 valence electrons. The highest BCUT2D eigenvalue weighted by Crippen LogP contribution is 2.28. The van der Waals surface area contributed by atoms with E-state index in [0.717, 1.165) is 56.5 Å². The molecule has 0 atom stereocenters.